The highest BCUT2D eigenvalue weighted by Crippen LogP contribution is 2.45. The zero-order valence-corrected chi connectivity index (χ0v) is 11.1. The number of quaternary nitrogens is 1. The third-order valence-corrected chi connectivity index (χ3v) is 3.65. The van der Waals surface area contributed by atoms with E-state index in [1.807, 2.05) is 20.8 Å². The number of hydrogen-bond acceptors (Lipinski definition) is 4. The van der Waals surface area contributed by atoms with Gasteiger partial charge in [-0.25, -0.2) is 4.98 Å². The van der Waals surface area contributed by atoms with Crippen LogP contribution in [0.5, 0.6) is 0 Å². The number of fused-ring (bicyclic) bond motifs is 1. The highest BCUT2D eigenvalue weighted by molar-refractivity contribution is 6.03. The Balaban J connectivity index is 2.82. The van der Waals surface area contributed by atoms with E-state index in [0.717, 1.165) is 28.5 Å². The van der Waals surface area contributed by atoms with Crippen molar-refractivity contribution in [3.05, 3.63) is 11.3 Å². The van der Waals surface area contributed by atoms with Crippen LogP contribution in [0.1, 0.15) is 32.0 Å². The van der Waals surface area contributed by atoms with Crippen LogP contribution in [0.4, 0.5) is 17.2 Å². The van der Waals surface area contributed by atoms with E-state index in [4.69, 9.17) is 11.6 Å². The molecule has 92 valence electrons. The van der Waals surface area contributed by atoms with E-state index < -0.39 is 0 Å². The average Bonchev–Trinajstić information content (AvgIpc) is 2.51. The molecule has 2 rings (SSSR count). The number of pyridine rings is 1. The van der Waals surface area contributed by atoms with Gasteiger partial charge in [-0.2, -0.15) is 15.4 Å². The lowest BCUT2D eigenvalue weighted by Crippen LogP contribution is -2.62. The molecule has 17 heavy (non-hydrogen) atoms. The van der Waals surface area contributed by atoms with Crippen molar-refractivity contribution in [3.8, 4) is 0 Å². The maximum atomic E-state index is 6.52. The molecule has 1 aromatic heterocycles. The zero-order chi connectivity index (χ0) is 13.0. The predicted octanol–water partition coefficient (Wildman–Crippen LogP) is 1.93. The molecule has 0 spiro atoms. The SMILES string of the molecule is CC1=Nc2c(N)nc(C)c(C)c2[N+]1(N)C(C)C. The van der Waals surface area contributed by atoms with Gasteiger partial charge in [-0.05, 0) is 27.7 Å². The molecule has 1 atom stereocenters. The van der Waals surface area contributed by atoms with Crippen molar-refractivity contribution >= 4 is 23.0 Å². The largest absolute Gasteiger partial charge is 0.382 e. The number of aliphatic imine (C=N–C) groups is 1. The number of nitrogens with two attached hydrogens (primary N) is 2. The first-order chi connectivity index (χ1) is 7.80. The van der Waals surface area contributed by atoms with Gasteiger partial charge in [0.15, 0.2) is 17.2 Å². The van der Waals surface area contributed by atoms with Gasteiger partial charge in [0.05, 0.1) is 0 Å². The quantitative estimate of drug-likeness (QED) is 0.575. The van der Waals surface area contributed by atoms with Gasteiger partial charge in [-0.15, -0.1) is 0 Å². The van der Waals surface area contributed by atoms with Crippen LogP contribution in [0.25, 0.3) is 0 Å². The topological polar surface area (TPSA) is 77.3 Å². The number of nitrogens with zero attached hydrogens (tertiary/aromatic N) is 3. The predicted molar refractivity (Wildman–Crippen MR) is 72.0 cm³/mol. The molecule has 0 radical (unpaired) electrons. The first-order valence-corrected chi connectivity index (χ1v) is 5.80. The number of anilines is 1. The number of amidine groups is 1. The van der Waals surface area contributed by atoms with Crippen molar-refractivity contribution in [1.29, 1.82) is 0 Å². The van der Waals surface area contributed by atoms with Gasteiger partial charge in [0.2, 0.25) is 5.84 Å². The van der Waals surface area contributed by atoms with Gasteiger partial charge in [0.1, 0.15) is 6.04 Å². The van der Waals surface area contributed by atoms with Crippen molar-refractivity contribution in [3.63, 3.8) is 0 Å². The molecule has 1 aliphatic heterocycles. The Bertz CT molecular complexity index is 518. The molecular weight excluding hydrogens is 214 g/mol. The molecule has 0 aromatic carbocycles. The minimum absolute atomic E-state index is 0.208. The van der Waals surface area contributed by atoms with Crippen LogP contribution in [-0.2, 0) is 0 Å². The smallest absolute Gasteiger partial charge is 0.225 e. The fraction of sp³-hybridized carbons (Fsp3) is 0.500. The maximum Gasteiger partial charge on any atom is 0.225 e. The van der Waals surface area contributed by atoms with Crippen LogP contribution in [0.2, 0.25) is 0 Å². The molecule has 5 nitrogen and oxygen atoms in total. The van der Waals surface area contributed by atoms with E-state index >= 15 is 0 Å². The number of rotatable bonds is 1. The lowest BCUT2D eigenvalue weighted by Gasteiger charge is -2.32. The Morgan fingerprint density at radius 2 is 1.76 bits per heavy atom. The lowest BCUT2D eigenvalue weighted by molar-refractivity contribution is 0.360. The zero-order valence-electron chi connectivity index (χ0n) is 11.1. The van der Waals surface area contributed by atoms with E-state index in [9.17, 15) is 0 Å². The summed E-state index contributed by atoms with van der Waals surface area (Å²) in [6.45, 7) is 10.1. The van der Waals surface area contributed by atoms with Crippen LogP contribution in [-0.4, -0.2) is 16.9 Å². The summed E-state index contributed by atoms with van der Waals surface area (Å²) in [5.41, 5.74) is 9.66. The Kier molecular flexibility index (Phi) is 2.48. The molecule has 0 saturated heterocycles. The molecule has 4 N–H and O–H groups in total. The van der Waals surface area contributed by atoms with Gasteiger partial charge < -0.3 is 5.73 Å². The third kappa shape index (κ3) is 1.39. The highest BCUT2D eigenvalue weighted by Gasteiger charge is 2.44. The van der Waals surface area contributed by atoms with Gasteiger partial charge in [0, 0.05) is 18.2 Å². The second-order valence-electron chi connectivity index (χ2n) is 4.93. The molecule has 5 heteroatoms. The fourth-order valence-electron chi connectivity index (χ4n) is 2.39. The Morgan fingerprint density at radius 1 is 1.18 bits per heavy atom. The lowest BCUT2D eigenvalue weighted by atomic mass is 10.1. The van der Waals surface area contributed by atoms with Crippen molar-refractivity contribution in [1.82, 2.24) is 9.58 Å². The van der Waals surface area contributed by atoms with Crippen molar-refractivity contribution in [2.45, 2.75) is 40.7 Å². The summed E-state index contributed by atoms with van der Waals surface area (Å²) in [6.07, 6.45) is 0. The summed E-state index contributed by atoms with van der Waals surface area (Å²) in [5, 5.41) is 0. The first kappa shape index (κ1) is 12.0. The van der Waals surface area contributed by atoms with Crippen molar-refractivity contribution in [2.24, 2.45) is 10.8 Å². The number of hydrogen-bond donors (Lipinski definition) is 2. The van der Waals surface area contributed by atoms with Crippen LogP contribution in [0.3, 0.4) is 0 Å². The second-order valence-corrected chi connectivity index (χ2v) is 4.93. The minimum atomic E-state index is 0.208. The van der Waals surface area contributed by atoms with Gasteiger partial charge in [-0.3, -0.25) is 0 Å². The fourth-order valence-corrected chi connectivity index (χ4v) is 2.39. The Morgan fingerprint density at radius 3 is 2.29 bits per heavy atom. The van der Waals surface area contributed by atoms with E-state index in [1.165, 1.54) is 0 Å². The number of aromatic nitrogens is 1. The van der Waals surface area contributed by atoms with E-state index in [1.54, 1.807) is 0 Å². The van der Waals surface area contributed by atoms with Crippen LogP contribution < -0.4 is 16.2 Å². The van der Waals surface area contributed by atoms with Gasteiger partial charge >= 0.3 is 0 Å². The molecule has 0 fully saturated rings. The summed E-state index contributed by atoms with van der Waals surface area (Å²) in [5.74, 6) is 7.84. The van der Waals surface area contributed by atoms with Crippen LogP contribution in [0, 0.1) is 13.8 Å². The Labute approximate surface area is 102 Å². The Hall–Kier alpha value is -1.46. The molecule has 0 bridgehead atoms. The molecule has 0 amide bonds. The van der Waals surface area contributed by atoms with Crippen molar-refractivity contribution in [2.75, 3.05) is 5.73 Å². The monoisotopic (exact) mass is 234 g/mol. The number of aryl methyl sites for hydroxylation is 1. The normalized spacial score (nSPS) is 22.9. The highest BCUT2D eigenvalue weighted by atomic mass is 15.6. The van der Waals surface area contributed by atoms with E-state index in [2.05, 4.69) is 23.8 Å². The average molecular weight is 234 g/mol. The van der Waals surface area contributed by atoms with Crippen molar-refractivity contribution < 1.29 is 0 Å². The summed E-state index contributed by atoms with van der Waals surface area (Å²) in [6, 6.07) is 0.208. The molecule has 0 aliphatic carbocycles. The van der Waals surface area contributed by atoms with E-state index in [0.29, 0.717) is 5.82 Å². The summed E-state index contributed by atoms with van der Waals surface area (Å²) >= 11 is 0. The van der Waals surface area contributed by atoms with Crippen LogP contribution >= 0.6 is 0 Å². The van der Waals surface area contributed by atoms with Gasteiger partial charge in [0.25, 0.3) is 0 Å². The summed E-state index contributed by atoms with van der Waals surface area (Å²) in [7, 11) is 0. The number of nitrogen functional groups attached to an aromatic ring is 1. The maximum absolute atomic E-state index is 6.52. The molecule has 1 aliphatic rings. The third-order valence-electron chi connectivity index (χ3n) is 3.65. The van der Waals surface area contributed by atoms with E-state index in [-0.39, 0.29) is 10.6 Å². The van der Waals surface area contributed by atoms with Crippen LogP contribution in [0.15, 0.2) is 4.99 Å². The second kappa shape index (κ2) is 3.51. The molecule has 1 unspecified atom stereocenters. The summed E-state index contributed by atoms with van der Waals surface area (Å²) < 4.78 is 0.231. The first-order valence-electron chi connectivity index (χ1n) is 5.80. The minimum Gasteiger partial charge on any atom is -0.382 e. The molecular formula is C12H20N5+. The summed E-state index contributed by atoms with van der Waals surface area (Å²) in [4.78, 5) is 8.81. The van der Waals surface area contributed by atoms with Gasteiger partial charge in [-0.1, -0.05) is 0 Å². The molecule has 0 saturated carbocycles. The molecule has 1 aromatic rings. The molecule has 2 heterocycles. The standard InChI is InChI=1S/C12H20N5/c1-6(2)17(14)9(5)16-10-11(17)7(3)8(4)15-12(10)13/h6H,14H2,1-5H3,(H2,13,15)/q+1.